The molecule has 7 heteroatoms. The SMILES string of the molecule is Fc1cccc(Nc2cc(-c3cccnc3)nc([C@@H]3CCCCN3Cc3ccccn3)n2)c1. The van der Waals surface area contributed by atoms with Gasteiger partial charge in [-0.05, 0) is 61.9 Å². The van der Waals surface area contributed by atoms with Gasteiger partial charge in [-0.2, -0.15) is 0 Å². The van der Waals surface area contributed by atoms with Crippen molar-refractivity contribution >= 4 is 11.5 Å². The zero-order chi connectivity index (χ0) is 22.5. The highest BCUT2D eigenvalue weighted by Crippen LogP contribution is 2.32. The van der Waals surface area contributed by atoms with Gasteiger partial charge >= 0.3 is 0 Å². The van der Waals surface area contributed by atoms with E-state index in [0.717, 1.165) is 55.1 Å². The molecule has 1 atom stereocenters. The van der Waals surface area contributed by atoms with E-state index in [4.69, 9.17) is 9.97 Å². The zero-order valence-electron chi connectivity index (χ0n) is 18.2. The van der Waals surface area contributed by atoms with Crippen molar-refractivity contribution in [3.63, 3.8) is 0 Å². The molecule has 4 heterocycles. The van der Waals surface area contributed by atoms with Crippen molar-refractivity contribution in [1.29, 1.82) is 0 Å². The van der Waals surface area contributed by atoms with E-state index in [1.54, 1.807) is 18.5 Å². The molecule has 1 aliphatic heterocycles. The summed E-state index contributed by atoms with van der Waals surface area (Å²) in [6.07, 6.45) is 8.60. The first-order valence-electron chi connectivity index (χ1n) is 11.2. The van der Waals surface area contributed by atoms with Crippen molar-refractivity contribution in [2.75, 3.05) is 11.9 Å². The second-order valence-corrected chi connectivity index (χ2v) is 8.18. The second-order valence-electron chi connectivity index (χ2n) is 8.18. The standard InChI is InChI=1S/C26H25FN6/c27-20-8-5-10-21(15-20)30-25-16-23(19-7-6-12-28-17-19)31-26(32-25)24-11-2-4-14-33(24)18-22-9-1-3-13-29-22/h1,3,5-10,12-13,15-17,24H,2,4,11,14,18H2,(H,30,31,32)/t24-/m0/s1. The smallest absolute Gasteiger partial charge is 0.148 e. The Morgan fingerprint density at radius 1 is 0.970 bits per heavy atom. The maximum absolute atomic E-state index is 13.7. The summed E-state index contributed by atoms with van der Waals surface area (Å²) in [5, 5.41) is 3.26. The molecule has 1 aromatic carbocycles. The van der Waals surface area contributed by atoms with Gasteiger partial charge in [0.05, 0.1) is 17.4 Å². The molecular weight excluding hydrogens is 415 g/mol. The van der Waals surface area contributed by atoms with Crippen LogP contribution in [0.15, 0.2) is 79.3 Å². The van der Waals surface area contributed by atoms with Crippen molar-refractivity contribution < 1.29 is 4.39 Å². The molecule has 1 saturated heterocycles. The molecule has 3 aromatic heterocycles. The molecule has 0 amide bonds. The van der Waals surface area contributed by atoms with Gasteiger partial charge < -0.3 is 5.32 Å². The summed E-state index contributed by atoms with van der Waals surface area (Å²) in [7, 11) is 0. The van der Waals surface area contributed by atoms with E-state index in [2.05, 4.69) is 26.3 Å². The highest BCUT2D eigenvalue weighted by molar-refractivity contribution is 5.65. The van der Waals surface area contributed by atoms with E-state index in [1.165, 1.54) is 12.1 Å². The quantitative estimate of drug-likeness (QED) is 0.424. The Bertz CT molecular complexity index is 1200. The predicted molar refractivity (Wildman–Crippen MR) is 126 cm³/mol. The first-order chi connectivity index (χ1) is 16.2. The number of nitrogens with zero attached hydrogens (tertiary/aromatic N) is 5. The Kier molecular flexibility index (Phi) is 6.30. The van der Waals surface area contributed by atoms with Crippen LogP contribution in [0.1, 0.15) is 36.8 Å². The highest BCUT2D eigenvalue weighted by Gasteiger charge is 2.27. The van der Waals surface area contributed by atoms with Gasteiger partial charge in [-0.25, -0.2) is 14.4 Å². The van der Waals surface area contributed by atoms with E-state index < -0.39 is 0 Å². The normalized spacial score (nSPS) is 16.5. The minimum atomic E-state index is -0.296. The fraction of sp³-hybridized carbons (Fsp3) is 0.231. The molecular formula is C26H25FN6. The van der Waals surface area contributed by atoms with Crippen LogP contribution >= 0.6 is 0 Å². The van der Waals surface area contributed by atoms with Crippen LogP contribution in [0.5, 0.6) is 0 Å². The number of hydrogen-bond acceptors (Lipinski definition) is 6. The van der Waals surface area contributed by atoms with Crippen molar-refractivity contribution in [2.24, 2.45) is 0 Å². The average molecular weight is 441 g/mol. The third-order valence-electron chi connectivity index (χ3n) is 5.80. The summed E-state index contributed by atoms with van der Waals surface area (Å²) in [4.78, 5) is 21.0. The molecule has 4 aromatic rings. The zero-order valence-corrected chi connectivity index (χ0v) is 18.2. The Hall–Kier alpha value is -3.71. The number of pyridine rings is 2. The third kappa shape index (κ3) is 5.21. The molecule has 0 bridgehead atoms. The first-order valence-corrected chi connectivity index (χ1v) is 11.2. The predicted octanol–water partition coefficient (Wildman–Crippen LogP) is 5.54. The Balaban J connectivity index is 1.51. The number of rotatable bonds is 6. The first kappa shape index (κ1) is 21.2. The van der Waals surface area contributed by atoms with Crippen LogP contribution in [-0.4, -0.2) is 31.4 Å². The van der Waals surface area contributed by atoms with Crippen molar-refractivity contribution in [1.82, 2.24) is 24.8 Å². The Morgan fingerprint density at radius 3 is 2.76 bits per heavy atom. The lowest BCUT2D eigenvalue weighted by molar-refractivity contribution is 0.132. The molecule has 1 N–H and O–H groups in total. The molecule has 0 saturated carbocycles. The van der Waals surface area contributed by atoms with Gasteiger partial charge in [0.1, 0.15) is 17.5 Å². The largest absolute Gasteiger partial charge is 0.340 e. The van der Waals surface area contributed by atoms with Gasteiger partial charge in [0.15, 0.2) is 0 Å². The third-order valence-corrected chi connectivity index (χ3v) is 5.80. The molecule has 0 radical (unpaired) electrons. The molecule has 0 spiro atoms. The minimum absolute atomic E-state index is 0.0745. The topological polar surface area (TPSA) is 66.8 Å². The van der Waals surface area contributed by atoms with Gasteiger partial charge in [-0.3, -0.25) is 14.9 Å². The lowest BCUT2D eigenvalue weighted by Crippen LogP contribution is -2.34. The molecule has 33 heavy (non-hydrogen) atoms. The van der Waals surface area contributed by atoms with Crippen molar-refractivity contribution in [3.8, 4) is 11.3 Å². The number of aromatic nitrogens is 4. The van der Waals surface area contributed by atoms with E-state index in [9.17, 15) is 4.39 Å². The van der Waals surface area contributed by atoms with Gasteiger partial charge in [0.2, 0.25) is 0 Å². The monoisotopic (exact) mass is 440 g/mol. The van der Waals surface area contributed by atoms with Gasteiger partial charge in [-0.1, -0.05) is 18.6 Å². The average Bonchev–Trinajstić information content (AvgIpc) is 2.85. The van der Waals surface area contributed by atoms with Crippen molar-refractivity contribution in [2.45, 2.75) is 31.8 Å². The summed E-state index contributed by atoms with van der Waals surface area (Å²) in [5.41, 5.74) is 3.38. The molecule has 0 unspecified atom stereocenters. The van der Waals surface area contributed by atoms with Crippen LogP contribution < -0.4 is 5.32 Å². The fourth-order valence-electron chi connectivity index (χ4n) is 4.23. The van der Waals surface area contributed by atoms with Crippen LogP contribution in [0.2, 0.25) is 0 Å². The number of nitrogens with one attached hydrogen (secondary N) is 1. The number of anilines is 2. The van der Waals surface area contributed by atoms with Crippen molar-refractivity contribution in [3.05, 3.63) is 96.6 Å². The fourth-order valence-corrected chi connectivity index (χ4v) is 4.23. The highest BCUT2D eigenvalue weighted by atomic mass is 19.1. The van der Waals surface area contributed by atoms with E-state index in [1.807, 2.05) is 42.6 Å². The van der Waals surface area contributed by atoms with Gasteiger partial charge in [-0.15, -0.1) is 0 Å². The van der Waals surface area contributed by atoms with Gasteiger partial charge in [0.25, 0.3) is 0 Å². The van der Waals surface area contributed by atoms with E-state index in [-0.39, 0.29) is 11.9 Å². The molecule has 6 nitrogen and oxygen atoms in total. The van der Waals surface area contributed by atoms with E-state index >= 15 is 0 Å². The summed E-state index contributed by atoms with van der Waals surface area (Å²) < 4.78 is 13.7. The maximum atomic E-state index is 13.7. The molecule has 1 aliphatic rings. The van der Waals surface area contributed by atoms with Crippen LogP contribution in [0.3, 0.4) is 0 Å². The summed E-state index contributed by atoms with van der Waals surface area (Å²) >= 11 is 0. The van der Waals surface area contributed by atoms with Crippen LogP contribution in [0.25, 0.3) is 11.3 Å². The summed E-state index contributed by atoms with van der Waals surface area (Å²) in [6, 6.07) is 18.2. The number of halogens is 1. The number of hydrogen-bond donors (Lipinski definition) is 1. The molecule has 166 valence electrons. The van der Waals surface area contributed by atoms with Crippen LogP contribution in [0, 0.1) is 5.82 Å². The minimum Gasteiger partial charge on any atom is -0.340 e. The number of likely N-dealkylation sites (tertiary alicyclic amines) is 1. The number of benzene rings is 1. The lowest BCUT2D eigenvalue weighted by Gasteiger charge is -2.34. The van der Waals surface area contributed by atoms with Crippen LogP contribution in [0.4, 0.5) is 15.9 Å². The summed E-state index contributed by atoms with van der Waals surface area (Å²) in [6.45, 7) is 1.72. The van der Waals surface area contributed by atoms with Crippen LogP contribution in [-0.2, 0) is 6.54 Å². The molecule has 5 rings (SSSR count). The Morgan fingerprint density at radius 2 is 1.94 bits per heavy atom. The molecule has 0 aliphatic carbocycles. The van der Waals surface area contributed by atoms with Gasteiger partial charge in [0, 0.05) is 42.5 Å². The Labute approximate surface area is 192 Å². The van der Waals surface area contributed by atoms with E-state index in [0.29, 0.717) is 11.5 Å². The maximum Gasteiger partial charge on any atom is 0.148 e. The lowest BCUT2D eigenvalue weighted by atomic mass is 10.0. The second kappa shape index (κ2) is 9.83. The number of piperidine rings is 1. The summed E-state index contributed by atoms with van der Waals surface area (Å²) in [5.74, 6) is 1.09. The molecule has 1 fully saturated rings.